The van der Waals surface area contributed by atoms with Gasteiger partial charge in [0, 0.05) is 37.2 Å². The normalized spacial score (nSPS) is 15.1. The van der Waals surface area contributed by atoms with Crippen LogP contribution in [0.5, 0.6) is 0 Å². The predicted octanol–water partition coefficient (Wildman–Crippen LogP) is 3.55. The van der Waals surface area contributed by atoms with Crippen molar-refractivity contribution in [3.05, 3.63) is 59.4 Å². The van der Waals surface area contributed by atoms with Crippen LogP contribution in [0.15, 0.2) is 42.7 Å². The molecule has 0 spiro atoms. The number of anilines is 1. The Bertz CT molecular complexity index is 624. The molecule has 0 bridgehead atoms. The number of nitrogens with one attached hydrogen (secondary N) is 1. The lowest BCUT2D eigenvalue weighted by atomic mass is 9.97. The molecule has 1 atom stereocenters. The summed E-state index contributed by atoms with van der Waals surface area (Å²) < 4.78 is 0. The minimum atomic E-state index is 0.548. The molecule has 0 radical (unpaired) electrons. The topological polar surface area (TPSA) is 28.2 Å². The first kappa shape index (κ1) is 16.0. The third-order valence-corrected chi connectivity index (χ3v) is 4.89. The van der Waals surface area contributed by atoms with E-state index < -0.39 is 0 Å². The van der Waals surface area contributed by atoms with Gasteiger partial charge < -0.3 is 10.2 Å². The first-order chi connectivity index (χ1) is 11.2. The molecule has 1 unspecified atom stereocenters. The highest BCUT2D eigenvalue weighted by atomic mass is 15.1. The van der Waals surface area contributed by atoms with Crippen LogP contribution in [0.4, 0.5) is 5.69 Å². The van der Waals surface area contributed by atoms with Crippen molar-refractivity contribution < 1.29 is 0 Å². The molecule has 1 aromatic heterocycles. The Morgan fingerprint density at radius 1 is 1.17 bits per heavy atom. The van der Waals surface area contributed by atoms with Crippen LogP contribution >= 0.6 is 0 Å². The molecule has 2 aromatic rings. The number of aromatic nitrogens is 1. The SMILES string of the molecule is CC(Cc1ccc2c(c1)CCCN2)N(C)CCc1ccncc1. The van der Waals surface area contributed by atoms with Crippen LogP contribution in [0, 0.1) is 0 Å². The molecule has 0 saturated heterocycles. The predicted molar refractivity (Wildman–Crippen MR) is 97.0 cm³/mol. The number of hydrogen-bond donors (Lipinski definition) is 1. The molecular weight excluding hydrogens is 282 g/mol. The number of hydrogen-bond acceptors (Lipinski definition) is 3. The maximum absolute atomic E-state index is 4.08. The number of fused-ring (bicyclic) bond motifs is 1. The van der Waals surface area contributed by atoms with Gasteiger partial charge in [-0.2, -0.15) is 0 Å². The monoisotopic (exact) mass is 309 g/mol. The fourth-order valence-corrected chi connectivity index (χ4v) is 3.23. The fraction of sp³-hybridized carbons (Fsp3) is 0.450. The molecule has 0 amide bonds. The van der Waals surface area contributed by atoms with E-state index in [9.17, 15) is 0 Å². The van der Waals surface area contributed by atoms with E-state index in [1.165, 1.54) is 35.2 Å². The first-order valence-electron chi connectivity index (χ1n) is 8.67. The van der Waals surface area contributed by atoms with E-state index in [1.54, 1.807) is 0 Å². The van der Waals surface area contributed by atoms with E-state index in [-0.39, 0.29) is 0 Å². The van der Waals surface area contributed by atoms with Gasteiger partial charge in [-0.25, -0.2) is 0 Å². The quantitative estimate of drug-likeness (QED) is 0.884. The summed E-state index contributed by atoms with van der Waals surface area (Å²) in [6.07, 6.45) is 8.40. The summed E-state index contributed by atoms with van der Waals surface area (Å²) in [5.41, 5.74) is 5.63. The maximum Gasteiger partial charge on any atom is 0.0372 e. The van der Waals surface area contributed by atoms with Crippen molar-refractivity contribution in [2.24, 2.45) is 0 Å². The van der Waals surface area contributed by atoms with Crippen molar-refractivity contribution in [1.29, 1.82) is 0 Å². The Morgan fingerprint density at radius 2 is 2.00 bits per heavy atom. The van der Waals surface area contributed by atoms with Crippen molar-refractivity contribution in [3.8, 4) is 0 Å². The average Bonchev–Trinajstić information content (AvgIpc) is 2.60. The highest BCUT2D eigenvalue weighted by molar-refractivity contribution is 5.54. The molecule has 2 heterocycles. The molecule has 23 heavy (non-hydrogen) atoms. The summed E-state index contributed by atoms with van der Waals surface area (Å²) in [6.45, 7) is 4.52. The van der Waals surface area contributed by atoms with Crippen LogP contribution in [-0.2, 0) is 19.3 Å². The maximum atomic E-state index is 4.08. The van der Waals surface area contributed by atoms with Gasteiger partial charge >= 0.3 is 0 Å². The van der Waals surface area contributed by atoms with Gasteiger partial charge in [0.15, 0.2) is 0 Å². The lowest BCUT2D eigenvalue weighted by molar-refractivity contribution is 0.259. The van der Waals surface area contributed by atoms with E-state index in [0.29, 0.717) is 6.04 Å². The van der Waals surface area contributed by atoms with Gasteiger partial charge in [-0.05, 0) is 74.5 Å². The van der Waals surface area contributed by atoms with E-state index in [4.69, 9.17) is 0 Å². The van der Waals surface area contributed by atoms with Crippen molar-refractivity contribution in [1.82, 2.24) is 9.88 Å². The molecule has 0 saturated carbocycles. The largest absolute Gasteiger partial charge is 0.385 e. The van der Waals surface area contributed by atoms with Crippen LogP contribution in [0.2, 0.25) is 0 Å². The second-order valence-electron chi connectivity index (χ2n) is 6.66. The standard InChI is InChI=1S/C20H27N3/c1-16(23(2)13-9-17-7-11-21-12-8-17)14-18-5-6-20-19(15-18)4-3-10-22-20/h5-8,11-12,15-16,22H,3-4,9-10,13-14H2,1-2H3. The van der Waals surface area contributed by atoms with Crippen molar-refractivity contribution >= 4 is 5.69 Å². The Kier molecular flexibility index (Phi) is 5.29. The molecular formula is C20H27N3. The summed E-state index contributed by atoms with van der Waals surface area (Å²) in [5.74, 6) is 0. The van der Waals surface area contributed by atoms with Crippen molar-refractivity contribution in [2.45, 2.75) is 38.6 Å². The van der Waals surface area contributed by atoms with Gasteiger partial charge in [-0.1, -0.05) is 12.1 Å². The molecule has 3 nitrogen and oxygen atoms in total. The first-order valence-corrected chi connectivity index (χ1v) is 8.67. The molecule has 1 aliphatic heterocycles. The molecule has 3 heteroatoms. The third-order valence-electron chi connectivity index (χ3n) is 4.89. The fourth-order valence-electron chi connectivity index (χ4n) is 3.23. The summed E-state index contributed by atoms with van der Waals surface area (Å²) in [4.78, 5) is 6.54. The number of aryl methyl sites for hydroxylation is 1. The summed E-state index contributed by atoms with van der Waals surface area (Å²) in [6, 6.07) is 11.7. The number of pyridine rings is 1. The zero-order valence-corrected chi connectivity index (χ0v) is 14.3. The van der Waals surface area contributed by atoms with Gasteiger partial charge in [-0.3, -0.25) is 4.98 Å². The van der Waals surface area contributed by atoms with Crippen LogP contribution < -0.4 is 5.32 Å². The molecule has 1 N–H and O–H groups in total. The third kappa shape index (κ3) is 4.32. The van der Waals surface area contributed by atoms with E-state index >= 15 is 0 Å². The lowest BCUT2D eigenvalue weighted by Crippen LogP contribution is -2.32. The lowest BCUT2D eigenvalue weighted by Gasteiger charge is -2.26. The van der Waals surface area contributed by atoms with Gasteiger partial charge in [0.05, 0.1) is 0 Å². The average molecular weight is 309 g/mol. The Hall–Kier alpha value is -1.87. The van der Waals surface area contributed by atoms with Gasteiger partial charge in [0.2, 0.25) is 0 Å². The van der Waals surface area contributed by atoms with E-state index in [0.717, 1.165) is 25.9 Å². The minimum Gasteiger partial charge on any atom is -0.385 e. The van der Waals surface area contributed by atoms with E-state index in [1.807, 2.05) is 12.4 Å². The van der Waals surface area contributed by atoms with Crippen LogP contribution in [0.1, 0.15) is 30.0 Å². The van der Waals surface area contributed by atoms with Gasteiger partial charge in [0.1, 0.15) is 0 Å². The number of likely N-dealkylation sites (N-methyl/N-ethyl adjacent to an activating group) is 1. The molecule has 0 fully saturated rings. The summed E-state index contributed by atoms with van der Waals surface area (Å²) >= 11 is 0. The highest BCUT2D eigenvalue weighted by Gasteiger charge is 2.13. The Morgan fingerprint density at radius 3 is 2.83 bits per heavy atom. The minimum absolute atomic E-state index is 0.548. The summed E-state index contributed by atoms with van der Waals surface area (Å²) in [7, 11) is 2.23. The Labute approximate surface area is 139 Å². The van der Waals surface area contributed by atoms with Crippen LogP contribution in [0.25, 0.3) is 0 Å². The zero-order valence-electron chi connectivity index (χ0n) is 14.3. The second-order valence-corrected chi connectivity index (χ2v) is 6.66. The summed E-state index contributed by atoms with van der Waals surface area (Å²) in [5, 5.41) is 3.49. The molecule has 122 valence electrons. The molecule has 3 rings (SSSR count). The number of nitrogens with zero attached hydrogens (tertiary/aromatic N) is 2. The second kappa shape index (κ2) is 7.60. The molecule has 0 aliphatic carbocycles. The molecule has 1 aliphatic rings. The molecule has 1 aromatic carbocycles. The van der Waals surface area contributed by atoms with Crippen LogP contribution in [-0.4, -0.2) is 36.1 Å². The van der Waals surface area contributed by atoms with Gasteiger partial charge in [0.25, 0.3) is 0 Å². The highest BCUT2D eigenvalue weighted by Crippen LogP contribution is 2.23. The smallest absolute Gasteiger partial charge is 0.0372 e. The van der Waals surface area contributed by atoms with Crippen molar-refractivity contribution in [2.75, 3.05) is 25.5 Å². The van der Waals surface area contributed by atoms with Crippen LogP contribution in [0.3, 0.4) is 0 Å². The number of rotatable bonds is 6. The van der Waals surface area contributed by atoms with E-state index in [2.05, 4.69) is 59.5 Å². The van der Waals surface area contributed by atoms with Gasteiger partial charge in [-0.15, -0.1) is 0 Å². The number of benzene rings is 1. The van der Waals surface area contributed by atoms with Crippen molar-refractivity contribution in [3.63, 3.8) is 0 Å². The zero-order chi connectivity index (χ0) is 16.1. The Balaban J connectivity index is 1.54.